The zero-order valence-electron chi connectivity index (χ0n) is 12.7. The number of nitrogens with two attached hydrogens (primary N) is 1. The SMILES string of the molecule is CC[C@@H]1CCCCN1C(=O)COC(=O)c1ccc(Cl)c(N)c1. The summed E-state index contributed by atoms with van der Waals surface area (Å²) in [6.45, 7) is 2.57. The summed E-state index contributed by atoms with van der Waals surface area (Å²) < 4.78 is 5.10. The molecule has 1 heterocycles. The van der Waals surface area contributed by atoms with Crippen molar-refractivity contribution in [3.05, 3.63) is 28.8 Å². The van der Waals surface area contributed by atoms with Crippen molar-refractivity contribution >= 4 is 29.2 Å². The molecule has 5 nitrogen and oxygen atoms in total. The summed E-state index contributed by atoms with van der Waals surface area (Å²) >= 11 is 5.81. The maximum absolute atomic E-state index is 12.2. The Hall–Kier alpha value is -1.75. The predicted molar refractivity (Wildman–Crippen MR) is 85.8 cm³/mol. The van der Waals surface area contributed by atoms with Crippen LogP contribution in [0.5, 0.6) is 0 Å². The van der Waals surface area contributed by atoms with E-state index in [-0.39, 0.29) is 18.6 Å². The molecule has 1 amide bonds. The number of hydrogen-bond acceptors (Lipinski definition) is 4. The van der Waals surface area contributed by atoms with Crippen molar-refractivity contribution < 1.29 is 14.3 Å². The van der Waals surface area contributed by atoms with Crippen LogP contribution in [0.15, 0.2) is 18.2 Å². The van der Waals surface area contributed by atoms with E-state index in [9.17, 15) is 9.59 Å². The maximum Gasteiger partial charge on any atom is 0.338 e. The molecule has 2 rings (SSSR count). The summed E-state index contributed by atoms with van der Waals surface area (Å²) in [6, 6.07) is 4.77. The number of benzene rings is 1. The molecule has 0 saturated carbocycles. The Morgan fingerprint density at radius 1 is 1.41 bits per heavy atom. The number of piperidine rings is 1. The third-order valence-corrected chi connectivity index (χ3v) is 4.32. The van der Waals surface area contributed by atoms with E-state index in [2.05, 4.69) is 6.92 Å². The minimum absolute atomic E-state index is 0.137. The van der Waals surface area contributed by atoms with E-state index in [4.69, 9.17) is 22.1 Å². The number of nitrogens with zero attached hydrogens (tertiary/aromatic N) is 1. The van der Waals surface area contributed by atoms with Gasteiger partial charge < -0.3 is 15.4 Å². The standard InChI is InChI=1S/C16H21ClN2O3/c1-2-12-5-3-4-8-19(12)15(20)10-22-16(21)11-6-7-13(17)14(18)9-11/h6-7,9,12H,2-5,8,10,18H2,1H3/t12-/m1/s1. The first-order chi connectivity index (χ1) is 10.5. The fraction of sp³-hybridized carbons (Fsp3) is 0.500. The predicted octanol–water partition coefficient (Wildman–Crippen LogP) is 2.87. The normalized spacial score (nSPS) is 18.1. The van der Waals surface area contributed by atoms with E-state index >= 15 is 0 Å². The van der Waals surface area contributed by atoms with Gasteiger partial charge in [0.2, 0.25) is 0 Å². The van der Waals surface area contributed by atoms with Gasteiger partial charge in [0.15, 0.2) is 6.61 Å². The fourth-order valence-corrected chi connectivity index (χ4v) is 2.84. The second-order valence-corrected chi connectivity index (χ2v) is 5.86. The number of anilines is 1. The molecule has 1 atom stereocenters. The summed E-state index contributed by atoms with van der Waals surface area (Å²) in [5.41, 5.74) is 6.25. The van der Waals surface area contributed by atoms with Gasteiger partial charge in [-0.2, -0.15) is 0 Å². The number of ether oxygens (including phenoxy) is 1. The van der Waals surface area contributed by atoms with E-state index in [0.29, 0.717) is 16.3 Å². The second kappa shape index (κ2) is 7.49. The highest BCUT2D eigenvalue weighted by Crippen LogP contribution is 2.21. The Labute approximate surface area is 135 Å². The number of likely N-dealkylation sites (tertiary alicyclic amines) is 1. The quantitative estimate of drug-likeness (QED) is 0.682. The molecule has 0 aliphatic carbocycles. The fourth-order valence-electron chi connectivity index (χ4n) is 2.72. The molecular formula is C16H21ClN2O3. The van der Waals surface area contributed by atoms with Gasteiger partial charge in [0.1, 0.15) is 0 Å². The zero-order valence-corrected chi connectivity index (χ0v) is 13.4. The number of esters is 1. The topological polar surface area (TPSA) is 72.6 Å². The molecule has 1 aromatic rings. The lowest BCUT2D eigenvalue weighted by Crippen LogP contribution is -2.45. The molecule has 1 fully saturated rings. The molecule has 1 aliphatic heterocycles. The maximum atomic E-state index is 12.2. The Morgan fingerprint density at radius 3 is 2.86 bits per heavy atom. The molecule has 22 heavy (non-hydrogen) atoms. The number of carbonyl (C=O) groups is 2. The van der Waals surface area contributed by atoms with Gasteiger partial charge in [0.05, 0.1) is 16.3 Å². The first kappa shape index (κ1) is 16.6. The van der Waals surface area contributed by atoms with Crippen LogP contribution in [-0.2, 0) is 9.53 Å². The minimum atomic E-state index is -0.568. The third kappa shape index (κ3) is 3.91. The van der Waals surface area contributed by atoms with E-state index in [1.165, 1.54) is 18.2 Å². The highest BCUT2D eigenvalue weighted by Gasteiger charge is 2.26. The van der Waals surface area contributed by atoms with Crippen LogP contribution in [0.4, 0.5) is 5.69 Å². The van der Waals surface area contributed by atoms with Crippen LogP contribution in [0, 0.1) is 0 Å². The van der Waals surface area contributed by atoms with E-state index in [1.807, 2.05) is 4.90 Å². The van der Waals surface area contributed by atoms with Crippen LogP contribution >= 0.6 is 11.6 Å². The van der Waals surface area contributed by atoms with Crippen LogP contribution in [0.2, 0.25) is 5.02 Å². The van der Waals surface area contributed by atoms with Gasteiger partial charge in [0, 0.05) is 12.6 Å². The lowest BCUT2D eigenvalue weighted by atomic mass is 10.00. The molecular weight excluding hydrogens is 304 g/mol. The molecule has 6 heteroatoms. The Kier molecular flexibility index (Phi) is 5.66. The van der Waals surface area contributed by atoms with Crippen molar-refractivity contribution in [2.24, 2.45) is 0 Å². The van der Waals surface area contributed by atoms with E-state index < -0.39 is 5.97 Å². The van der Waals surface area contributed by atoms with Crippen LogP contribution < -0.4 is 5.73 Å². The van der Waals surface area contributed by atoms with Crippen LogP contribution in [0.25, 0.3) is 0 Å². The monoisotopic (exact) mass is 324 g/mol. The smallest absolute Gasteiger partial charge is 0.338 e. The van der Waals surface area contributed by atoms with Gasteiger partial charge in [-0.3, -0.25) is 4.79 Å². The number of carbonyl (C=O) groups excluding carboxylic acids is 2. The van der Waals surface area contributed by atoms with Gasteiger partial charge in [-0.25, -0.2) is 4.79 Å². The summed E-state index contributed by atoms with van der Waals surface area (Å²) in [4.78, 5) is 26.0. The molecule has 0 radical (unpaired) electrons. The number of rotatable bonds is 4. The summed E-state index contributed by atoms with van der Waals surface area (Å²) in [5, 5.41) is 0.381. The Bertz CT molecular complexity index is 562. The van der Waals surface area contributed by atoms with Crippen LogP contribution in [0.1, 0.15) is 43.0 Å². The number of nitrogen functional groups attached to an aromatic ring is 1. The molecule has 0 bridgehead atoms. The molecule has 0 spiro atoms. The van der Waals surface area contributed by atoms with Gasteiger partial charge in [-0.15, -0.1) is 0 Å². The first-order valence-electron chi connectivity index (χ1n) is 7.54. The van der Waals surface area contributed by atoms with E-state index in [1.54, 1.807) is 0 Å². The summed E-state index contributed by atoms with van der Waals surface area (Å²) in [6.07, 6.45) is 4.09. The molecule has 1 saturated heterocycles. The van der Waals surface area contributed by atoms with Gasteiger partial charge in [-0.1, -0.05) is 18.5 Å². The van der Waals surface area contributed by atoms with Crippen molar-refractivity contribution in [1.82, 2.24) is 4.90 Å². The van der Waals surface area contributed by atoms with Crippen molar-refractivity contribution in [2.45, 2.75) is 38.6 Å². The van der Waals surface area contributed by atoms with Gasteiger partial charge in [0.25, 0.3) is 5.91 Å². The highest BCUT2D eigenvalue weighted by atomic mass is 35.5. The zero-order chi connectivity index (χ0) is 16.1. The molecule has 0 unspecified atom stereocenters. The van der Waals surface area contributed by atoms with Crippen LogP contribution in [0.3, 0.4) is 0 Å². The van der Waals surface area contributed by atoms with E-state index in [0.717, 1.165) is 32.2 Å². The lowest BCUT2D eigenvalue weighted by Gasteiger charge is -2.35. The molecule has 2 N–H and O–H groups in total. The van der Waals surface area contributed by atoms with Crippen molar-refractivity contribution in [3.63, 3.8) is 0 Å². The molecule has 1 aromatic carbocycles. The van der Waals surface area contributed by atoms with Gasteiger partial charge in [-0.05, 0) is 43.9 Å². The lowest BCUT2D eigenvalue weighted by molar-refractivity contribution is -0.138. The summed E-state index contributed by atoms with van der Waals surface area (Å²) in [7, 11) is 0. The van der Waals surface area contributed by atoms with Crippen molar-refractivity contribution in [1.29, 1.82) is 0 Å². The first-order valence-corrected chi connectivity index (χ1v) is 7.92. The molecule has 1 aliphatic rings. The largest absolute Gasteiger partial charge is 0.452 e. The molecule has 120 valence electrons. The average molecular weight is 325 g/mol. The Balaban J connectivity index is 1.92. The van der Waals surface area contributed by atoms with Crippen LogP contribution in [-0.4, -0.2) is 36.0 Å². The second-order valence-electron chi connectivity index (χ2n) is 5.46. The Morgan fingerprint density at radius 2 is 2.18 bits per heavy atom. The highest BCUT2D eigenvalue weighted by molar-refractivity contribution is 6.33. The van der Waals surface area contributed by atoms with Gasteiger partial charge >= 0.3 is 5.97 Å². The minimum Gasteiger partial charge on any atom is -0.452 e. The average Bonchev–Trinajstić information content (AvgIpc) is 2.54. The number of hydrogen-bond donors (Lipinski definition) is 1. The van der Waals surface area contributed by atoms with Crippen molar-refractivity contribution in [3.8, 4) is 0 Å². The number of amides is 1. The molecule has 0 aromatic heterocycles. The van der Waals surface area contributed by atoms with Crippen molar-refractivity contribution in [2.75, 3.05) is 18.9 Å². The summed E-state index contributed by atoms with van der Waals surface area (Å²) in [5.74, 6) is -0.705. The third-order valence-electron chi connectivity index (χ3n) is 3.98. The number of halogens is 1.